The van der Waals surface area contributed by atoms with Gasteiger partial charge in [0, 0.05) is 4.75 Å². The predicted molar refractivity (Wildman–Crippen MR) is 40.0 cm³/mol. The standard InChI is InChI=1S/C7H10S/c1-7(2)5-3-4-6-8-7/h3-6H,1-2H3. The van der Waals surface area contributed by atoms with Crippen LogP contribution in [0.4, 0.5) is 0 Å². The first-order valence-corrected chi connectivity index (χ1v) is 3.61. The van der Waals surface area contributed by atoms with Crippen molar-refractivity contribution < 1.29 is 0 Å². The fourth-order valence-corrected chi connectivity index (χ4v) is 1.26. The molecule has 0 radical (unpaired) electrons. The zero-order valence-electron chi connectivity index (χ0n) is 5.22. The lowest BCUT2D eigenvalue weighted by Crippen LogP contribution is -2.09. The molecule has 0 amide bonds. The Labute approximate surface area is 54.7 Å². The lowest BCUT2D eigenvalue weighted by Gasteiger charge is -2.18. The Balaban J connectivity index is 2.65. The van der Waals surface area contributed by atoms with Gasteiger partial charge in [-0.2, -0.15) is 0 Å². The Morgan fingerprint density at radius 2 is 2.00 bits per heavy atom. The molecule has 8 heavy (non-hydrogen) atoms. The van der Waals surface area contributed by atoms with Gasteiger partial charge in [0.15, 0.2) is 0 Å². The predicted octanol–water partition coefficient (Wildman–Crippen LogP) is 2.58. The molecule has 0 aliphatic carbocycles. The molecule has 0 fully saturated rings. The van der Waals surface area contributed by atoms with E-state index in [0.717, 1.165) is 0 Å². The molecule has 1 heterocycles. The number of allylic oxidation sites excluding steroid dienone is 2. The van der Waals surface area contributed by atoms with E-state index in [4.69, 9.17) is 0 Å². The van der Waals surface area contributed by atoms with Gasteiger partial charge in [0.05, 0.1) is 0 Å². The van der Waals surface area contributed by atoms with Crippen molar-refractivity contribution in [1.29, 1.82) is 0 Å². The third kappa shape index (κ3) is 1.41. The second-order valence-electron chi connectivity index (χ2n) is 2.41. The Bertz CT molecular complexity index is 131. The number of thioether (sulfide) groups is 1. The van der Waals surface area contributed by atoms with E-state index in [-0.39, 0.29) is 0 Å². The van der Waals surface area contributed by atoms with E-state index >= 15 is 0 Å². The molecule has 0 unspecified atom stereocenters. The van der Waals surface area contributed by atoms with Crippen LogP contribution in [0.1, 0.15) is 13.8 Å². The molecule has 1 rings (SSSR count). The van der Waals surface area contributed by atoms with Crippen LogP contribution in [0.25, 0.3) is 0 Å². The molecule has 0 aromatic carbocycles. The first-order valence-electron chi connectivity index (χ1n) is 2.73. The molecule has 0 saturated carbocycles. The van der Waals surface area contributed by atoms with Gasteiger partial charge >= 0.3 is 0 Å². The molecule has 0 N–H and O–H groups in total. The van der Waals surface area contributed by atoms with Gasteiger partial charge in [-0.25, -0.2) is 0 Å². The van der Waals surface area contributed by atoms with Crippen molar-refractivity contribution in [3.8, 4) is 0 Å². The fourth-order valence-electron chi connectivity index (χ4n) is 0.587. The van der Waals surface area contributed by atoms with E-state index in [9.17, 15) is 0 Å². The summed E-state index contributed by atoms with van der Waals surface area (Å²) in [7, 11) is 0. The molecule has 0 spiro atoms. The maximum atomic E-state index is 2.21. The first-order chi connectivity index (χ1) is 3.71. The van der Waals surface area contributed by atoms with Gasteiger partial charge in [-0.05, 0) is 19.3 Å². The second-order valence-corrected chi connectivity index (χ2v) is 3.97. The zero-order chi connectivity index (χ0) is 6.04. The number of rotatable bonds is 0. The molecule has 0 atom stereocenters. The summed E-state index contributed by atoms with van der Waals surface area (Å²) in [6.45, 7) is 4.41. The molecule has 0 bridgehead atoms. The van der Waals surface area contributed by atoms with Crippen LogP contribution in [0.15, 0.2) is 23.6 Å². The Morgan fingerprint density at radius 1 is 1.25 bits per heavy atom. The maximum Gasteiger partial charge on any atom is 0.0326 e. The van der Waals surface area contributed by atoms with E-state index in [0.29, 0.717) is 4.75 Å². The van der Waals surface area contributed by atoms with Gasteiger partial charge < -0.3 is 0 Å². The van der Waals surface area contributed by atoms with Crippen molar-refractivity contribution in [3.63, 3.8) is 0 Å². The van der Waals surface area contributed by atoms with E-state index in [1.807, 2.05) is 11.8 Å². The van der Waals surface area contributed by atoms with Gasteiger partial charge in [0.1, 0.15) is 0 Å². The molecular weight excluding hydrogens is 116 g/mol. The lowest BCUT2D eigenvalue weighted by molar-refractivity contribution is 0.901. The van der Waals surface area contributed by atoms with Gasteiger partial charge in [0.25, 0.3) is 0 Å². The van der Waals surface area contributed by atoms with Crippen molar-refractivity contribution in [2.45, 2.75) is 18.6 Å². The van der Waals surface area contributed by atoms with Crippen molar-refractivity contribution in [2.75, 3.05) is 0 Å². The third-order valence-electron chi connectivity index (χ3n) is 1.06. The van der Waals surface area contributed by atoms with Crippen LogP contribution in [-0.4, -0.2) is 4.75 Å². The average molecular weight is 126 g/mol. The quantitative estimate of drug-likeness (QED) is 0.480. The minimum Gasteiger partial charge on any atom is -0.124 e. The van der Waals surface area contributed by atoms with Crippen LogP contribution >= 0.6 is 11.8 Å². The van der Waals surface area contributed by atoms with Crippen molar-refractivity contribution in [3.05, 3.63) is 23.6 Å². The Kier molecular flexibility index (Phi) is 1.47. The highest BCUT2D eigenvalue weighted by Gasteiger charge is 2.12. The molecule has 1 aliphatic heterocycles. The number of hydrogen-bond donors (Lipinski definition) is 0. The van der Waals surface area contributed by atoms with E-state index in [1.54, 1.807) is 0 Å². The van der Waals surface area contributed by atoms with Crippen LogP contribution in [0.2, 0.25) is 0 Å². The van der Waals surface area contributed by atoms with Crippen molar-refractivity contribution in [2.24, 2.45) is 0 Å². The van der Waals surface area contributed by atoms with Crippen LogP contribution in [0.5, 0.6) is 0 Å². The molecule has 0 aromatic heterocycles. The largest absolute Gasteiger partial charge is 0.124 e. The summed E-state index contributed by atoms with van der Waals surface area (Å²) < 4.78 is 0.328. The Morgan fingerprint density at radius 3 is 2.25 bits per heavy atom. The van der Waals surface area contributed by atoms with Gasteiger partial charge in [0.2, 0.25) is 0 Å². The first kappa shape index (κ1) is 5.96. The summed E-state index contributed by atoms with van der Waals surface area (Å²) in [6, 6.07) is 0. The minimum atomic E-state index is 0.328. The van der Waals surface area contributed by atoms with Gasteiger partial charge in [-0.15, -0.1) is 11.8 Å². The summed E-state index contributed by atoms with van der Waals surface area (Å²) in [6.07, 6.45) is 6.37. The maximum absolute atomic E-state index is 2.21. The van der Waals surface area contributed by atoms with E-state index in [2.05, 4.69) is 37.5 Å². The zero-order valence-corrected chi connectivity index (χ0v) is 6.03. The minimum absolute atomic E-state index is 0.328. The summed E-state index contributed by atoms with van der Waals surface area (Å²) >= 11 is 1.85. The van der Waals surface area contributed by atoms with Crippen LogP contribution in [0, 0.1) is 0 Å². The summed E-state index contributed by atoms with van der Waals surface area (Å²) in [5, 5.41) is 2.12. The Hall–Kier alpha value is -0.170. The van der Waals surface area contributed by atoms with Crippen molar-refractivity contribution in [1.82, 2.24) is 0 Å². The molecule has 1 aliphatic rings. The molecule has 44 valence electrons. The molecular formula is C7H10S. The van der Waals surface area contributed by atoms with Gasteiger partial charge in [-0.3, -0.25) is 0 Å². The van der Waals surface area contributed by atoms with Gasteiger partial charge in [-0.1, -0.05) is 18.2 Å². The van der Waals surface area contributed by atoms with Crippen LogP contribution < -0.4 is 0 Å². The average Bonchev–Trinajstić information content (AvgIpc) is 1.65. The van der Waals surface area contributed by atoms with Crippen LogP contribution in [-0.2, 0) is 0 Å². The topological polar surface area (TPSA) is 0 Å². The fraction of sp³-hybridized carbons (Fsp3) is 0.429. The SMILES string of the molecule is CC1(C)C=CC=CS1. The summed E-state index contributed by atoms with van der Waals surface area (Å²) in [5.41, 5.74) is 0. The third-order valence-corrected chi connectivity index (χ3v) is 2.10. The smallest absolute Gasteiger partial charge is 0.0326 e. The highest BCUT2D eigenvalue weighted by atomic mass is 32.2. The molecule has 1 heteroatoms. The highest BCUT2D eigenvalue weighted by molar-refractivity contribution is 8.03. The lowest BCUT2D eigenvalue weighted by atomic mass is 10.2. The molecule has 0 nitrogen and oxygen atoms in total. The monoisotopic (exact) mass is 126 g/mol. The highest BCUT2D eigenvalue weighted by Crippen LogP contribution is 2.29. The van der Waals surface area contributed by atoms with E-state index < -0.39 is 0 Å². The summed E-state index contributed by atoms with van der Waals surface area (Å²) in [4.78, 5) is 0. The second kappa shape index (κ2) is 1.98. The molecule has 0 saturated heterocycles. The molecule has 0 aromatic rings. The van der Waals surface area contributed by atoms with Crippen LogP contribution in [0.3, 0.4) is 0 Å². The summed E-state index contributed by atoms with van der Waals surface area (Å²) in [5.74, 6) is 0. The normalized spacial score (nSPS) is 23.8. The van der Waals surface area contributed by atoms with E-state index in [1.165, 1.54) is 0 Å². The number of hydrogen-bond acceptors (Lipinski definition) is 1. The van der Waals surface area contributed by atoms with Crippen molar-refractivity contribution >= 4 is 11.8 Å².